The van der Waals surface area contributed by atoms with Crippen molar-refractivity contribution in [2.24, 2.45) is 0 Å². The van der Waals surface area contributed by atoms with Gasteiger partial charge in [0, 0.05) is 5.56 Å². The normalized spacial score (nSPS) is 11.0. The maximum atomic E-state index is 11.9. The minimum atomic E-state index is -0.0231. The highest BCUT2D eigenvalue weighted by Gasteiger charge is 2.02. The van der Waals surface area contributed by atoms with E-state index in [0.717, 1.165) is 6.42 Å². The van der Waals surface area contributed by atoms with Crippen molar-refractivity contribution >= 4 is 11.9 Å². The number of aryl methyl sites for hydroxylation is 1. The van der Waals surface area contributed by atoms with Crippen molar-refractivity contribution in [3.05, 3.63) is 59.8 Å². The predicted molar refractivity (Wildman–Crippen MR) is 74.9 cm³/mol. The number of rotatable bonds is 6. The largest absolute Gasteiger partial charge is 0.451 e. The second kappa shape index (κ2) is 6.69. The van der Waals surface area contributed by atoms with Gasteiger partial charge >= 0.3 is 0 Å². The fourth-order valence-corrected chi connectivity index (χ4v) is 1.78. The second-order valence-corrected chi connectivity index (χ2v) is 4.41. The number of oxazole rings is 1. The van der Waals surface area contributed by atoms with E-state index in [4.69, 9.17) is 4.42 Å². The molecule has 0 N–H and O–H groups in total. The van der Waals surface area contributed by atoms with Crippen LogP contribution in [0.5, 0.6) is 0 Å². The van der Waals surface area contributed by atoms with E-state index >= 15 is 0 Å². The zero-order valence-corrected chi connectivity index (χ0v) is 11.0. The summed E-state index contributed by atoms with van der Waals surface area (Å²) < 4.78 is 4.83. The molecule has 1 heterocycles. The van der Waals surface area contributed by atoms with Crippen LogP contribution in [0.4, 0.5) is 0 Å². The van der Waals surface area contributed by atoms with Crippen molar-refractivity contribution in [2.45, 2.75) is 26.2 Å². The van der Waals surface area contributed by atoms with Gasteiger partial charge < -0.3 is 4.42 Å². The Kier molecular flexibility index (Phi) is 4.67. The van der Waals surface area contributed by atoms with Gasteiger partial charge in [-0.05, 0) is 30.6 Å². The highest BCUT2D eigenvalue weighted by molar-refractivity contribution is 6.06. The van der Waals surface area contributed by atoms with Crippen LogP contribution in [-0.2, 0) is 6.42 Å². The highest BCUT2D eigenvalue weighted by atomic mass is 16.3. The first-order chi connectivity index (χ1) is 9.29. The SMILES string of the molecule is CCCCc1ccc(C(=O)/C=C/c2cocn2)cc1. The smallest absolute Gasteiger partial charge is 0.185 e. The zero-order valence-electron chi connectivity index (χ0n) is 11.0. The molecule has 98 valence electrons. The Morgan fingerprint density at radius 3 is 2.74 bits per heavy atom. The summed E-state index contributed by atoms with van der Waals surface area (Å²) in [4.78, 5) is 15.8. The van der Waals surface area contributed by atoms with Crippen LogP contribution in [0.1, 0.15) is 41.4 Å². The Morgan fingerprint density at radius 2 is 2.11 bits per heavy atom. The first kappa shape index (κ1) is 13.3. The van der Waals surface area contributed by atoms with E-state index in [-0.39, 0.29) is 5.78 Å². The third-order valence-corrected chi connectivity index (χ3v) is 2.91. The van der Waals surface area contributed by atoms with Crippen molar-refractivity contribution in [3.63, 3.8) is 0 Å². The summed E-state index contributed by atoms with van der Waals surface area (Å²) >= 11 is 0. The van der Waals surface area contributed by atoms with Crippen LogP contribution in [-0.4, -0.2) is 10.8 Å². The Labute approximate surface area is 113 Å². The van der Waals surface area contributed by atoms with Crippen LogP contribution in [0.15, 0.2) is 47.4 Å². The van der Waals surface area contributed by atoms with Gasteiger partial charge in [0.15, 0.2) is 12.2 Å². The molecule has 0 saturated carbocycles. The molecule has 0 bridgehead atoms. The number of hydrogen-bond donors (Lipinski definition) is 0. The minimum Gasteiger partial charge on any atom is -0.451 e. The van der Waals surface area contributed by atoms with E-state index in [2.05, 4.69) is 11.9 Å². The average molecular weight is 255 g/mol. The van der Waals surface area contributed by atoms with E-state index in [1.54, 1.807) is 6.08 Å². The molecular formula is C16H17NO2. The van der Waals surface area contributed by atoms with E-state index < -0.39 is 0 Å². The maximum absolute atomic E-state index is 11.9. The summed E-state index contributed by atoms with van der Waals surface area (Å²) in [5.74, 6) is -0.0231. The highest BCUT2D eigenvalue weighted by Crippen LogP contribution is 2.09. The van der Waals surface area contributed by atoms with Gasteiger partial charge in [0.1, 0.15) is 12.0 Å². The van der Waals surface area contributed by atoms with Gasteiger partial charge in [0.25, 0.3) is 0 Å². The van der Waals surface area contributed by atoms with Gasteiger partial charge in [-0.3, -0.25) is 4.79 Å². The monoisotopic (exact) mass is 255 g/mol. The van der Waals surface area contributed by atoms with Gasteiger partial charge in [-0.1, -0.05) is 37.6 Å². The van der Waals surface area contributed by atoms with Crippen LogP contribution >= 0.6 is 0 Å². The molecule has 3 heteroatoms. The number of nitrogens with zero attached hydrogens (tertiary/aromatic N) is 1. The molecule has 2 aromatic rings. The number of aromatic nitrogens is 1. The van der Waals surface area contributed by atoms with E-state index in [1.807, 2.05) is 24.3 Å². The number of hydrogen-bond acceptors (Lipinski definition) is 3. The second-order valence-electron chi connectivity index (χ2n) is 4.41. The lowest BCUT2D eigenvalue weighted by molar-refractivity contribution is 0.104. The molecule has 0 aliphatic rings. The lowest BCUT2D eigenvalue weighted by Crippen LogP contribution is -1.95. The molecule has 0 spiro atoms. The van der Waals surface area contributed by atoms with Crippen LogP contribution in [0.3, 0.4) is 0 Å². The van der Waals surface area contributed by atoms with Crippen molar-refractivity contribution in [1.29, 1.82) is 0 Å². The number of allylic oxidation sites excluding steroid dienone is 1. The number of carbonyl (C=O) groups excluding carboxylic acids is 1. The third kappa shape index (κ3) is 3.91. The first-order valence-electron chi connectivity index (χ1n) is 6.49. The van der Waals surface area contributed by atoms with Gasteiger partial charge in [-0.2, -0.15) is 0 Å². The number of benzene rings is 1. The lowest BCUT2D eigenvalue weighted by atomic mass is 10.0. The number of unbranched alkanes of at least 4 members (excludes halogenated alkanes) is 1. The van der Waals surface area contributed by atoms with Gasteiger partial charge in [-0.15, -0.1) is 0 Å². The summed E-state index contributed by atoms with van der Waals surface area (Å²) in [5, 5.41) is 0. The van der Waals surface area contributed by atoms with Crippen LogP contribution < -0.4 is 0 Å². The van der Waals surface area contributed by atoms with E-state index in [0.29, 0.717) is 11.3 Å². The Hall–Kier alpha value is -2.16. The van der Waals surface area contributed by atoms with Gasteiger partial charge in [0.2, 0.25) is 0 Å². The van der Waals surface area contributed by atoms with Crippen LogP contribution in [0.2, 0.25) is 0 Å². The topological polar surface area (TPSA) is 43.1 Å². The van der Waals surface area contributed by atoms with Gasteiger partial charge in [-0.25, -0.2) is 4.98 Å². The van der Waals surface area contributed by atoms with Crippen molar-refractivity contribution < 1.29 is 9.21 Å². The van der Waals surface area contributed by atoms with Crippen molar-refractivity contribution in [3.8, 4) is 0 Å². The Morgan fingerprint density at radius 1 is 1.32 bits per heavy atom. The van der Waals surface area contributed by atoms with E-state index in [1.165, 1.54) is 37.1 Å². The molecule has 0 saturated heterocycles. The van der Waals surface area contributed by atoms with Crippen molar-refractivity contribution in [2.75, 3.05) is 0 Å². The molecule has 0 aliphatic heterocycles. The fraction of sp³-hybridized carbons (Fsp3) is 0.250. The first-order valence-corrected chi connectivity index (χ1v) is 6.49. The molecule has 3 nitrogen and oxygen atoms in total. The molecular weight excluding hydrogens is 238 g/mol. The lowest BCUT2D eigenvalue weighted by Gasteiger charge is -2.01. The molecule has 2 rings (SSSR count). The molecule has 0 radical (unpaired) electrons. The molecule has 1 aromatic carbocycles. The predicted octanol–water partition coefficient (Wildman–Crippen LogP) is 3.91. The van der Waals surface area contributed by atoms with Gasteiger partial charge in [0.05, 0.1) is 0 Å². The maximum Gasteiger partial charge on any atom is 0.185 e. The summed E-state index contributed by atoms with van der Waals surface area (Å²) in [6, 6.07) is 7.79. The number of ketones is 1. The summed E-state index contributed by atoms with van der Waals surface area (Å²) in [6.07, 6.45) is 9.43. The Bertz CT molecular complexity index is 539. The summed E-state index contributed by atoms with van der Waals surface area (Å²) in [7, 11) is 0. The Balaban J connectivity index is 1.99. The summed E-state index contributed by atoms with van der Waals surface area (Å²) in [5.41, 5.74) is 2.62. The summed E-state index contributed by atoms with van der Waals surface area (Å²) in [6.45, 7) is 2.17. The molecule has 0 amide bonds. The number of carbonyl (C=O) groups is 1. The molecule has 0 aliphatic carbocycles. The van der Waals surface area contributed by atoms with Crippen LogP contribution in [0.25, 0.3) is 6.08 Å². The standard InChI is InChI=1S/C16H17NO2/c1-2-3-4-13-5-7-14(8-6-13)16(18)10-9-15-11-19-12-17-15/h5-12H,2-4H2,1H3/b10-9+. The fourth-order valence-electron chi connectivity index (χ4n) is 1.78. The van der Waals surface area contributed by atoms with Crippen molar-refractivity contribution in [1.82, 2.24) is 4.98 Å². The molecule has 0 fully saturated rings. The minimum absolute atomic E-state index is 0.0231. The van der Waals surface area contributed by atoms with Crippen LogP contribution in [0, 0.1) is 0 Å². The third-order valence-electron chi connectivity index (χ3n) is 2.91. The quantitative estimate of drug-likeness (QED) is 0.580. The van der Waals surface area contributed by atoms with E-state index in [9.17, 15) is 4.79 Å². The molecule has 1 aromatic heterocycles. The molecule has 19 heavy (non-hydrogen) atoms. The molecule has 0 unspecified atom stereocenters. The molecule has 0 atom stereocenters. The zero-order chi connectivity index (χ0) is 13.5. The average Bonchev–Trinajstić information content (AvgIpc) is 2.96.